The fraction of sp³-hybridized carbons (Fsp3) is 0.333. The third-order valence-electron chi connectivity index (χ3n) is 4.59. The number of pyridine rings is 1. The summed E-state index contributed by atoms with van der Waals surface area (Å²) in [5, 5.41) is 0. The van der Waals surface area contributed by atoms with E-state index in [1.165, 1.54) is 23.5 Å². The van der Waals surface area contributed by atoms with E-state index >= 15 is 0 Å². The Kier molecular flexibility index (Phi) is 3.58. The molecule has 23 heavy (non-hydrogen) atoms. The highest BCUT2D eigenvalue weighted by atomic mass is 19.1. The van der Waals surface area contributed by atoms with E-state index < -0.39 is 0 Å². The molecule has 0 bridgehead atoms. The highest BCUT2D eigenvalue weighted by Crippen LogP contribution is 2.27. The molecule has 4 nitrogen and oxygen atoms in total. The summed E-state index contributed by atoms with van der Waals surface area (Å²) in [5.41, 5.74) is 5.18. The molecule has 5 heteroatoms. The number of rotatable bonds is 2. The minimum atomic E-state index is -0.321. The van der Waals surface area contributed by atoms with Crippen molar-refractivity contribution in [2.24, 2.45) is 4.99 Å². The van der Waals surface area contributed by atoms with Gasteiger partial charge in [0, 0.05) is 37.4 Å². The summed E-state index contributed by atoms with van der Waals surface area (Å²) in [6.45, 7) is 4.91. The van der Waals surface area contributed by atoms with Crippen molar-refractivity contribution >= 4 is 11.4 Å². The lowest BCUT2D eigenvalue weighted by Gasteiger charge is -2.34. The number of halogens is 1. The second-order valence-corrected chi connectivity index (χ2v) is 6.16. The normalized spacial score (nSPS) is 18.0. The maximum Gasteiger partial charge on any atom is 0.141 e. The SMILES string of the molecule is CN1CCN(c2ccc3c(c2)C(c2ccc(F)cn2)=NC3)CC1. The number of piperazine rings is 1. The van der Waals surface area contributed by atoms with Gasteiger partial charge in [-0.1, -0.05) is 6.07 Å². The highest BCUT2D eigenvalue weighted by Gasteiger charge is 2.21. The molecule has 4 rings (SSSR count). The Bertz CT molecular complexity index is 746. The Labute approximate surface area is 135 Å². The van der Waals surface area contributed by atoms with Crippen molar-refractivity contribution in [2.45, 2.75) is 6.54 Å². The number of aromatic nitrogens is 1. The van der Waals surface area contributed by atoms with Gasteiger partial charge in [-0.2, -0.15) is 0 Å². The average molecular weight is 310 g/mol. The van der Waals surface area contributed by atoms with E-state index in [0.717, 1.165) is 43.1 Å². The smallest absolute Gasteiger partial charge is 0.141 e. The van der Waals surface area contributed by atoms with Crippen LogP contribution in [0, 0.1) is 5.82 Å². The number of anilines is 1. The van der Waals surface area contributed by atoms with Crippen molar-refractivity contribution in [1.82, 2.24) is 9.88 Å². The average Bonchev–Trinajstić information content (AvgIpc) is 2.99. The van der Waals surface area contributed by atoms with Crippen LogP contribution in [0.2, 0.25) is 0 Å². The molecular formula is C18H19FN4. The fourth-order valence-electron chi connectivity index (χ4n) is 3.17. The molecule has 2 aromatic rings. The lowest BCUT2D eigenvalue weighted by Crippen LogP contribution is -2.44. The molecule has 1 fully saturated rings. The van der Waals surface area contributed by atoms with Crippen molar-refractivity contribution in [3.8, 4) is 0 Å². The number of hydrogen-bond donors (Lipinski definition) is 0. The van der Waals surface area contributed by atoms with Crippen LogP contribution in [0.15, 0.2) is 41.5 Å². The van der Waals surface area contributed by atoms with Gasteiger partial charge in [0.05, 0.1) is 24.1 Å². The lowest BCUT2D eigenvalue weighted by molar-refractivity contribution is 0.313. The number of likely N-dealkylation sites (N-methyl/N-ethyl adjacent to an activating group) is 1. The molecule has 1 aromatic carbocycles. The Morgan fingerprint density at radius 1 is 1.04 bits per heavy atom. The predicted octanol–water partition coefficient (Wildman–Crippen LogP) is 2.32. The van der Waals surface area contributed by atoms with Crippen LogP contribution in [0.25, 0.3) is 0 Å². The molecule has 0 N–H and O–H groups in total. The number of nitrogens with zero attached hydrogens (tertiary/aromatic N) is 4. The quantitative estimate of drug-likeness (QED) is 0.853. The summed E-state index contributed by atoms with van der Waals surface area (Å²) in [6.07, 6.45) is 1.25. The van der Waals surface area contributed by atoms with E-state index in [1.54, 1.807) is 6.07 Å². The van der Waals surface area contributed by atoms with Crippen LogP contribution in [0.3, 0.4) is 0 Å². The van der Waals surface area contributed by atoms with Crippen LogP contribution in [-0.4, -0.2) is 48.8 Å². The zero-order valence-corrected chi connectivity index (χ0v) is 13.2. The van der Waals surface area contributed by atoms with Crippen LogP contribution in [0.1, 0.15) is 16.8 Å². The van der Waals surface area contributed by atoms with E-state index in [4.69, 9.17) is 0 Å². The molecular weight excluding hydrogens is 291 g/mol. The lowest BCUT2D eigenvalue weighted by atomic mass is 10.0. The molecule has 0 saturated carbocycles. The Balaban J connectivity index is 1.64. The molecule has 0 spiro atoms. The van der Waals surface area contributed by atoms with E-state index in [9.17, 15) is 4.39 Å². The van der Waals surface area contributed by atoms with E-state index in [2.05, 4.69) is 45.0 Å². The minimum Gasteiger partial charge on any atom is -0.369 e. The Hall–Kier alpha value is -2.27. The molecule has 0 amide bonds. The first kappa shape index (κ1) is 14.3. The summed E-state index contributed by atoms with van der Waals surface area (Å²) >= 11 is 0. The van der Waals surface area contributed by atoms with Crippen LogP contribution in [-0.2, 0) is 6.54 Å². The Morgan fingerprint density at radius 2 is 1.87 bits per heavy atom. The summed E-state index contributed by atoms with van der Waals surface area (Å²) in [5.74, 6) is -0.321. The van der Waals surface area contributed by atoms with E-state index in [1.807, 2.05) is 0 Å². The number of aliphatic imine (C=N–C) groups is 1. The van der Waals surface area contributed by atoms with Gasteiger partial charge in [0.15, 0.2) is 0 Å². The third kappa shape index (κ3) is 2.72. The first-order valence-corrected chi connectivity index (χ1v) is 7.94. The van der Waals surface area contributed by atoms with Gasteiger partial charge >= 0.3 is 0 Å². The minimum absolute atomic E-state index is 0.321. The Morgan fingerprint density at radius 3 is 2.61 bits per heavy atom. The van der Waals surface area contributed by atoms with Gasteiger partial charge in [-0.15, -0.1) is 0 Å². The van der Waals surface area contributed by atoms with Crippen LogP contribution in [0.4, 0.5) is 10.1 Å². The molecule has 0 unspecified atom stereocenters. The first-order valence-electron chi connectivity index (χ1n) is 7.94. The molecule has 1 saturated heterocycles. The molecule has 2 aliphatic rings. The van der Waals surface area contributed by atoms with Gasteiger partial charge < -0.3 is 9.80 Å². The number of fused-ring (bicyclic) bond motifs is 1. The molecule has 1 aromatic heterocycles. The maximum atomic E-state index is 13.1. The zero-order chi connectivity index (χ0) is 15.8. The highest BCUT2D eigenvalue weighted by molar-refractivity contribution is 6.14. The summed E-state index contributed by atoms with van der Waals surface area (Å²) in [7, 11) is 2.16. The summed E-state index contributed by atoms with van der Waals surface area (Å²) in [6, 6.07) is 9.68. The maximum absolute atomic E-state index is 13.1. The summed E-state index contributed by atoms with van der Waals surface area (Å²) in [4.78, 5) is 13.5. The standard InChI is InChI=1S/C18H19FN4/c1-22-6-8-23(9-7-22)15-4-2-13-11-21-18(16(13)10-15)17-5-3-14(19)12-20-17/h2-5,10,12H,6-9,11H2,1H3. The third-order valence-corrected chi connectivity index (χ3v) is 4.59. The van der Waals surface area contributed by atoms with Crippen LogP contribution in [0.5, 0.6) is 0 Å². The van der Waals surface area contributed by atoms with Gasteiger partial charge in [0.2, 0.25) is 0 Å². The predicted molar refractivity (Wildman–Crippen MR) is 89.7 cm³/mol. The molecule has 0 radical (unpaired) electrons. The zero-order valence-electron chi connectivity index (χ0n) is 13.2. The van der Waals surface area contributed by atoms with Gasteiger partial charge in [-0.3, -0.25) is 9.98 Å². The van der Waals surface area contributed by atoms with Gasteiger partial charge in [0.1, 0.15) is 5.82 Å². The number of hydrogen-bond acceptors (Lipinski definition) is 4. The largest absolute Gasteiger partial charge is 0.369 e. The topological polar surface area (TPSA) is 31.7 Å². The van der Waals surface area contributed by atoms with Crippen molar-refractivity contribution in [2.75, 3.05) is 38.1 Å². The first-order chi connectivity index (χ1) is 11.2. The van der Waals surface area contributed by atoms with Crippen LogP contribution >= 0.6 is 0 Å². The molecule has 2 aliphatic heterocycles. The molecule has 118 valence electrons. The molecule has 0 atom stereocenters. The molecule has 3 heterocycles. The van der Waals surface area contributed by atoms with E-state index in [0.29, 0.717) is 6.54 Å². The molecule has 0 aliphatic carbocycles. The van der Waals surface area contributed by atoms with Crippen molar-refractivity contribution in [1.29, 1.82) is 0 Å². The summed E-state index contributed by atoms with van der Waals surface area (Å²) < 4.78 is 13.1. The van der Waals surface area contributed by atoms with Gasteiger partial charge in [-0.25, -0.2) is 4.39 Å². The monoisotopic (exact) mass is 310 g/mol. The van der Waals surface area contributed by atoms with Crippen molar-refractivity contribution in [3.63, 3.8) is 0 Å². The van der Waals surface area contributed by atoms with E-state index in [-0.39, 0.29) is 5.82 Å². The van der Waals surface area contributed by atoms with Crippen LogP contribution < -0.4 is 4.90 Å². The van der Waals surface area contributed by atoms with Crippen molar-refractivity contribution < 1.29 is 4.39 Å². The van der Waals surface area contributed by atoms with Gasteiger partial charge in [-0.05, 0) is 36.9 Å². The second-order valence-electron chi connectivity index (χ2n) is 6.16. The fourth-order valence-corrected chi connectivity index (χ4v) is 3.17. The second kappa shape index (κ2) is 5.74. The number of benzene rings is 1. The van der Waals surface area contributed by atoms with Gasteiger partial charge in [0.25, 0.3) is 0 Å². The van der Waals surface area contributed by atoms with Crippen molar-refractivity contribution in [3.05, 3.63) is 59.2 Å².